The molecule has 1 unspecified atom stereocenters. The summed E-state index contributed by atoms with van der Waals surface area (Å²) in [7, 11) is 0. The number of carbonyl (C=O) groups is 2. The lowest BCUT2D eigenvalue weighted by Gasteiger charge is -2.39. The first-order chi connectivity index (χ1) is 11.7. The molecule has 0 aromatic rings. The predicted molar refractivity (Wildman–Crippen MR) is 94.6 cm³/mol. The van der Waals surface area contributed by atoms with Gasteiger partial charge in [0.15, 0.2) is 0 Å². The van der Waals surface area contributed by atoms with Gasteiger partial charge in [-0.25, -0.2) is 0 Å². The first-order valence-electron chi connectivity index (χ1n) is 10.0. The summed E-state index contributed by atoms with van der Waals surface area (Å²) >= 11 is 0. The van der Waals surface area contributed by atoms with Crippen molar-refractivity contribution in [3.05, 3.63) is 0 Å². The van der Waals surface area contributed by atoms with Crippen molar-refractivity contribution in [2.24, 2.45) is 5.92 Å². The molecule has 3 aliphatic rings. The standard InChI is InChI=1S/C19H33N3O2/c23-18(8-5-11-20-19(24)16-9-10-16)22-14-6-7-17(15-22)21-12-3-1-2-4-13-21/h16-17H,1-15H2,(H,20,24). The topological polar surface area (TPSA) is 52.7 Å². The highest BCUT2D eigenvalue weighted by Crippen LogP contribution is 2.28. The van der Waals surface area contributed by atoms with Crippen LogP contribution in [0.25, 0.3) is 0 Å². The van der Waals surface area contributed by atoms with E-state index in [0.717, 1.165) is 38.8 Å². The third-order valence-corrected chi connectivity index (χ3v) is 5.72. The highest BCUT2D eigenvalue weighted by molar-refractivity contribution is 5.81. The number of hydrogen-bond acceptors (Lipinski definition) is 3. The molecular weight excluding hydrogens is 302 g/mol. The van der Waals surface area contributed by atoms with E-state index in [-0.39, 0.29) is 17.7 Å². The lowest BCUT2D eigenvalue weighted by molar-refractivity contribution is -0.133. The van der Waals surface area contributed by atoms with Crippen LogP contribution in [0.4, 0.5) is 0 Å². The van der Waals surface area contributed by atoms with Crippen molar-refractivity contribution >= 4 is 11.8 Å². The molecule has 1 N–H and O–H groups in total. The number of piperidine rings is 1. The lowest BCUT2D eigenvalue weighted by atomic mass is 10.0. The Morgan fingerprint density at radius 2 is 1.67 bits per heavy atom. The van der Waals surface area contributed by atoms with Gasteiger partial charge >= 0.3 is 0 Å². The first kappa shape index (κ1) is 17.7. The Labute approximate surface area is 146 Å². The van der Waals surface area contributed by atoms with Crippen molar-refractivity contribution in [2.75, 3.05) is 32.7 Å². The summed E-state index contributed by atoms with van der Waals surface area (Å²) in [5.74, 6) is 0.717. The van der Waals surface area contributed by atoms with Crippen LogP contribution in [-0.2, 0) is 9.59 Å². The fourth-order valence-corrected chi connectivity index (χ4v) is 4.04. The summed E-state index contributed by atoms with van der Waals surface area (Å²) in [5, 5.41) is 2.95. The van der Waals surface area contributed by atoms with Gasteiger partial charge in [-0.3, -0.25) is 14.5 Å². The molecule has 0 spiro atoms. The van der Waals surface area contributed by atoms with Gasteiger partial charge in [-0.2, -0.15) is 0 Å². The van der Waals surface area contributed by atoms with Gasteiger partial charge in [0.05, 0.1) is 0 Å². The molecule has 0 radical (unpaired) electrons. The molecule has 3 fully saturated rings. The van der Waals surface area contributed by atoms with E-state index in [1.54, 1.807) is 0 Å². The van der Waals surface area contributed by atoms with E-state index >= 15 is 0 Å². The Kier molecular flexibility index (Phi) is 6.52. The number of carbonyl (C=O) groups excluding carboxylic acids is 2. The molecule has 0 aromatic heterocycles. The van der Waals surface area contributed by atoms with Gasteiger partial charge in [-0.1, -0.05) is 12.8 Å². The average molecular weight is 335 g/mol. The number of rotatable bonds is 6. The monoisotopic (exact) mass is 335 g/mol. The summed E-state index contributed by atoms with van der Waals surface area (Å²) in [4.78, 5) is 28.8. The maximum atomic E-state index is 12.5. The summed E-state index contributed by atoms with van der Waals surface area (Å²) in [6.07, 6.45) is 11.1. The Balaban J connectivity index is 1.36. The number of hydrogen-bond donors (Lipinski definition) is 1. The molecule has 2 heterocycles. The van der Waals surface area contributed by atoms with E-state index in [4.69, 9.17) is 0 Å². The largest absolute Gasteiger partial charge is 0.356 e. The summed E-state index contributed by atoms with van der Waals surface area (Å²) < 4.78 is 0. The SMILES string of the molecule is O=C(NCCCC(=O)N1CCCC(N2CCCCCC2)C1)C1CC1. The summed E-state index contributed by atoms with van der Waals surface area (Å²) in [6.45, 7) is 4.88. The van der Waals surface area contributed by atoms with Crippen LogP contribution in [0.3, 0.4) is 0 Å². The predicted octanol–water partition coefficient (Wildman–Crippen LogP) is 2.16. The van der Waals surface area contributed by atoms with E-state index in [2.05, 4.69) is 15.1 Å². The average Bonchev–Trinajstić information content (AvgIpc) is 3.45. The number of nitrogens with zero attached hydrogens (tertiary/aromatic N) is 2. The second-order valence-electron chi connectivity index (χ2n) is 7.75. The molecule has 2 aliphatic heterocycles. The Bertz CT molecular complexity index is 428. The maximum absolute atomic E-state index is 12.5. The zero-order valence-corrected chi connectivity index (χ0v) is 15.0. The van der Waals surface area contributed by atoms with E-state index in [0.29, 0.717) is 19.0 Å². The van der Waals surface area contributed by atoms with E-state index < -0.39 is 0 Å². The number of likely N-dealkylation sites (tertiary alicyclic amines) is 2. The van der Waals surface area contributed by atoms with Gasteiger partial charge in [0.2, 0.25) is 11.8 Å². The smallest absolute Gasteiger partial charge is 0.223 e. The van der Waals surface area contributed by atoms with Crippen LogP contribution >= 0.6 is 0 Å². The Morgan fingerprint density at radius 3 is 2.38 bits per heavy atom. The van der Waals surface area contributed by atoms with E-state index in [9.17, 15) is 9.59 Å². The first-order valence-corrected chi connectivity index (χ1v) is 10.0. The minimum absolute atomic E-state index is 0.182. The molecule has 24 heavy (non-hydrogen) atoms. The minimum Gasteiger partial charge on any atom is -0.356 e. The summed E-state index contributed by atoms with van der Waals surface area (Å²) in [5.41, 5.74) is 0. The van der Waals surface area contributed by atoms with Gasteiger partial charge in [0.1, 0.15) is 0 Å². The molecule has 136 valence electrons. The molecule has 2 saturated heterocycles. The van der Waals surface area contributed by atoms with Crippen LogP contribution in [0.15, 0.2) is 0 Å². The van der Waals surface area contributed by atoms with E-state index in [1.165, 1.54) is 45.2 Å². The lowest BCUT2D eigenvalue weighted by Crippen LogP contribution is -2.50. The van der Waals surface area contributed by atoms with Crippen LogP contribution in [0.2, 0.25) is 0 Å². The molecule has 0 aromatic carbocycles. The van der Waals surface area contributed by atoms with Crippen molar-refractivity contribution in [3.63, 3.8) is 0 Å². The van der Waals surface area contributed by atoms with Crippen molar-refractivity contribution in [3.8, 4) is 0 Å². The fraction of sp³-hybridized carbons (Fsp3) is 0.895. The van der Waals surface area contributed by atoms with Crippen molar-refractivity contribution in [1.29, 1.82) is 0 Å². The third kappa shape index (κ3) is 5.20. The number of nitrogens with one attached hydrogen (secondary N) is 1. The molecule has 1 atom stereocenters. The van der Waals surface area contributed by atoms with Crippen LogP contribution in [0, 0.1) is 5.92 Å². The molecule has 5 nitrogen and oxygen atoms in total. The normalized spacial score (nSPS) is 26.0. The maximum Gasteiger partial charge on any atom is 0.223 e. The van der Waals surface area contributed by atoms with Crippen LogP contribution in [-0.4, -0.2) is 60.4 Å². The van der Waals surface area contributed by atoms with Crippen molar-refractivity contribution in [1.82, 2.24) is 15.1 Å². The van der Waals surface area contributed by atoms with Crippen LogP contribution in [0.1, 0.15) is 64.2 Å². The highest BCUT2D eigenvalue weighted by atomic mass is 16.2. The number of amides is 2. The van der Waals surface area contributed by atoms with E-state index in [1.807, 2.05) is 0 Å². The molecule has 1 saturated carbocycles. The van der Waals surface area contributed by atoms with Gasteiger partial charge in [0.25, 0.3) is 0 Å². The minimum atomic E-state index is 0.182. The van der Waals surface area contributed by atoms with Gasteiger partial charge in [-0.15, -0.1) is 0 Å². The molecule has 3 rings (SSSR count). The Morgan fingerprint density at radius 1 is 0.917 bits per heavy atom. The second-order valence-corrected chi connectivity index (χ2v) is 7.75. The van der Waals surface area contributed by atoms with Gasteiger partial charge < -0.3 is 10.2 Å². The quantitative estimate of drug-likeness (QED) is 0.757. The molecular formula is C19H33N3O2. The molecule has 2 amide bonds. The molecule has 1 aliphatic carbocycles. The zero-order chi connectivity index (χ0) is 16.8. The fourth-order valence-electron chi connectivity index (χ4n) is 4.04. The highest BCUT2D eigenvalue weighted by Gasteiger charge is 2.30. The molecule has 5 heteroatoms. The molecule has 0 bridgehead atoms. The third-order valence-electron chi connectivity index (χ3n) is 5.72. The van der Waals surface area contributed by atoms with Gasteiger partial charge in [-0.05, 0) is 58.0 Å². The van der Waals surface area contributed by atoms with Gasteiger partial charge in [0, 0.05) is 38.0 Å². The Hall–Kier alpha value is -1.10. The zero-order valence-electron chi connectivity index (χ0n) is 15.0. The summed E-state index contributed by atoms with van der Waals surface area (Å²) in [6, 6.07) is 0.565. The van der Waals surface area contributed by atoms with Crippen LogP contribution < -0.4 is 5.32 Å². The second kappa shape index (κ2) is 8.84. The van der Waals surface area contributed by atoms with Crippen molar-refractivity contribution in [2.45, 2.75) is 70.3 Å². The van der Waals surface area contributed by atoms with Crippen LogP contribution in [0.5, 0.6) is 0 Å². The van der Waals surface area contributed by atoms with Crippen molar-refractivity contribution < 1.29 is 9.59 Å².